The minimum atomic E-state index is -0.207. The number of fused-ring (bicyclic) bond motifs is 15. The highest BCUT2D eigenvalue weighted by Gasteiger charge is 2.51. The molecule has 0 fully saturated rings. The number of hydrogen-bond donors (Lipinski definition) is 0. The van der Waals surface area contributed by atoms with Gasteiger partial charge in [-0.25, -0.2) is 0 Å². The van der Waals surface area contributed by atoms with Gasteiger partial charge in [-0.3, -0.25) is 0 Å². The van der Waals surface area contributed by atoms with Gasteiger partial charge in [-0.2, -0.15) is 0 Å². The maximum Gasteiger partial charge on any atom is 0.343 e. The summed E-state index contributed by atoms with van der Waals surface area (Å²) in [6.07, 6.45) is 4.78. The Kier molecular flexibility index (Phi) is 8.44. The first-order valence-corrected chi connectivity index (χ1v) is 27.0. The van der Waals surface area contributed by atoms with Crippen LogP contribution in [-0.2, 0) is 37.9 Å². The first-order chi connectivity index (χ1) is 32.2. The molecule has 5 aliphatic rings. The van der Waals surface area contributed by atoms with E-state index in [4.69, 9.17) is 0 Å². The summed E-state index contributed by atoms with van der Waals surface area (Å²) in [5, 5.41) is 4.17. The number of benzene rings is 6. The van der Waals surface area contributed by atoms with Crippen LogP contribution in [-0.4, -0.2) is 11.3 Å². The lowest BCUT2D eigenvalue weighted by atomic mass is 9.47. The number of aromatic nitrogens is 1. The zero-order valence-electron chi connectivity index (χ0n) is 44.4. The zero-order chi connectivity index (χ0) is 48.7. The van der Waals surface area contributed by atoms with E-state index in [1.807, 2.05) is 0 Å². The highest BCUT2D eigenvalue weighted by molar-refractivity contribution is 7.32. The van der Waals surface area contributed by atoms with Crippen LogP contribution in [0.4, 0.5) is 17.1 Å². The molecule has 0 N–H and O–H groups in total. The topological polar surface area (TPSA) is 8.17 Å². The van der Waals surface area contributed by atoms with Crippen LogP contribution >= 0.6 is 11.3 Å². The Bertz CT molecular complexity index is 3620. The molecule has 13 rings (SSSR count). The van der Waals surface area contributed by atoms with E-state index in [1.54, 1.807) is 0 Å². The number of hydrogen-bond acceptors (Lipinski definition) is 2. The summed E-state index contributed by atoms with van der Waals surface area (Å²) in [5.74, 6) is 0. The fourth-order valence-electron chi connectivity index (χ4n) is 14.3. The second-order valence-electron chi connectivity index (χ2n) is 27.5. The molecule has 4 heteroatoms. The van der Waals surface area contributed by atoms with Crippen molar-refractivity contribution in [2.24, 2.45) is 0 Å². The molecule has 0 bridgehead atoms. The first kappa shape index (κ1) is 43.9. The predicted molar refractivity (Wildman–Crippen MR) is 301 cm³/mol. The van der Waals surface area contributed by atoms with Crippen LogP contribution in [0, 0.1) is 0 Å². The van der Waals surface area contributed by atoms with Crippen LogP contribution in [0.2, 0.25) is 0 Å². The largest absolute Gasteiger partial charge is 0.375 e. The summed E-state index contributed by atoms with van der Waals surface area (Å²) in [6, 6.07) is 37.7. The van der Waals surface area contributed by atoms with Gasteiger partial charge in [-0.1, -0.05) is 147 Å². The summed E-state index contributed by atoms with van der Waals surface area (Å²) < 4.78 is 5.72. The number of nitrogens with zero attached hydrogens (tertiary/aromatic N) is 2. The highest BCUT2D eigenvalue weighted by Crippen LogP contribution is 2.60. The smallest absolute Gasteiger partial charge is 0.343 e. The maximum atomic E-state index is 2.84. The third-order valence-corrected chi connectivity index (χ3v) is 20.0. The molecular formula is C65H71BN2S. The molecule has 4 heterocycles. The van der Waals surface area contributed by atoms with E-state index >= 15 is 0 Å². The lowest BCUT2D eigenvalue weighted by molar-refractivity contribution is 0.332. The Balaban J connectivity index is 1.25. The van der Waals surface area contributed by atoms with Crippen molar-refractivity contribution in [3.05, 3.63) is 136 Å². The van der Waals surface area contributed by atoms with Crippen LogP contribution in [0.1, 0.15) is 181 Å². The molecule has 2 aromatic heterocycles. The molecule has 350 valence electrons. The van der Waals surface area contributed by atoms with Gasteiger partial charge in [0.2, 0.25) is 0 Å². The molecule has 2 aliphatic heterocycles. The average molecular weight is 923 g/mol. The molecule has 0 unspecified atom stereocenters. The molecule has 8 aromatic rings. The van der Waals surface area contributed by atoms with Crippen molar-refractivity contribution in [3.63, 3.8) is 0 Å². The lowest BCUT2D eigenvalue weighted by Gasteiger charge is -2.44. The van der Waals surface area contributed by atoms with Crippen LogP contribution in [0.25, 0.3) is 54.1 Å². The molecule has 0 spiro atoms. The van der Waals surface area contributed by atoms with E-state index in [-0.39, 0.29) is 44.8 Å². The normalized spacial score (nSPS) is 19.6. The molecule has 2 nitrogen and oxygen atoms in total. The molecule has 0 saturated heterocycles. The Morgan fingerprint density at radius 3 is 1.80 bits per heavy atom. The summed E-state index contributed by atoms with van der Waals surface area (Å²) in [6.45, 7) is 39.2. The Hall–Kier alpha value is -5.06. The molecule has 69 heavy (non-hydrogen) atoms. The van der Waals surface area contributed by atoms with Gasteiger partial charge in [0, 0.05) is 59.0 Å². The minimum Gasteiger partial charge on any atom is -0.375 e. The zero-order valence-corrected chi connectivity index (χ0v) is 45.2. The van der Waals surface area contributed by atoms with Gasteiger partial charge in [-0.05, 0) is 179 Å². The Morgan fingerprint density at radius 2 is 1.13 bits per heavy atom. The van der Waals surface area contributed by atoms with E-state index in [2.05, 4.69) is 222 Å². The van der Waals surface area contributed by atoms with Crippen molar-refractivity contribution in [1.82, 2.24) is 4.48 Å². The molecule has 6 aromatic carbocycles. The SMILES string of the molecule is CC(C)(C)c1ccc2c(c1)c1cc(C(C)(C)C)cc3c1n2B1c2sc4cc5c(cc4c2N(c2ccc4c(c2)C(C)(C)CCC4(C)C)c2cc4c(c-3c21)C(C)(C)c1ccccc1-4)C(C)(C)CCC5(C)C. The average Bonchev–Trinajstić information content (AvgIpc) is 3.89. The third-order valence-electron chi connectivity index (χ3n) is 18.8. The number of thiophene rings is 1. The van der Waals surface area contributed by atoms with Gasteiger partial charge in [0.1, 0.15) is 0 Å². The Morgan fingerprint density at radius 1 is 0.522 bits per heavy atom. The summed E-state index contributed by atoms with van der Waals surface area (Å²) in [5.41, 5.74) is 25.8. The highest BCUT2D eigenvalue weighted by atomic mass is 32.1. The van der Waals surface area contributed by atoms with Crippen molar-refractivity contribution in [2.75, 3.05) is 4.90 Å². The van der Waals surface area contributed by atoms with E-state index in [0.29, 0.717) is 0 Å². The summed E-state index contributed by atoms with van der Waals surface area (Å²) >= 11 is 2.08. The van der Waals surface area contributed by atoms with E-state index in [9.17, 15) is 0 Å². The standard InChI is InChI=1S/C65H71BN2S/c1-59(2,3)36-21-24-50-40(29-36)42-30-37(60(4,5)6)31-44-53-54-41(39-19-17-18-20-45(39)65(54,15)16)34-51-55(53)66(68(50)56(42)44)58-57(43-33-48-49(35-52(43)69-58)64(13,14)28-27-63(48,11)12)67(51)38-22-23-46-47(32-38)62(9,10)26-25-61(46,7)8/h17-24,29-35H,25-28H2,1-16H3. The van der Waals surface area contributed by atoms with Gasteiger partial charge in [0.05, 0.1) is 5.69 Å². The van der Waals surface area contributed by atoms with Crippen molar-refractivity contribution < 1.29 is 0 Å². The number of anilines is 3. The van der Waals surface area contributed by atoms with Crippen LogP contribution in [0.15, 0.2) is 91.0 Å². The molecular weight excluding hydrogens is 852 g/mol. The predicted octanol–water partition coefficient (Wildman–Crippen LogP) is 17.0. The van der Waals surface area contributed by atoms with Crippen LogP contribution < -0.4 is 15.1 Å². The van der Waals surface area contributed by atoms with Gasteiger partial charge in [0.15, 0.2) is 0 Å². The van der Waals surface area contributed by atoms with Crippen LogP contribution in [0.5, 0.6) is 0 Å². The third kappa shape index (κ3) is 5.73. The molecule has 0 amide bonds. The van der Waals surface area contributed by atoms with E-state index in [0.717, 1.165) is 0 Å². The second kappa shape index (κ2) is 13.3. The van der Waals surface area contributed by atoms with Crippen molar-refractivity contribution in [1.29, 1.82) is 0 Å². The first-order valence-electron chi connectivity index (χ1n) is 26.2. The fraction of sp³-hybridized carbons (Fsp3) is 0.415. The quantitative estimate of drug-likeness (QED) is 0.149. The van der Waals surface area contributed by atoms with Crippen molar-refractivity contribution >= 4 is 77.4 Å². The number of rotatable bonds is 1. The minimum absolute atomic E-state index is 0.0111. The summed E-state index contributed by atoms with van der Waals surface area (Å²) in [4.78, 5) is 2.79. The van der Waals surface area contributed by atoms with Gasteiger partial charge < -0.3 is 9.38 Å². The van der Waals surface area contributed by atoms with Gasteiger partial charge >= 0.3 is 6.85 Å². The van der Waals surface area contributed by atoms with Crippen molar-refractivity contribution in [2.45, 2.75) is 174 Å². The summed E-state index contributed by atoms with van der Waals surface area (Å²) in [7, 11) is 0. The molecule has 0 saturated carbocycles. The van der Waals surface area contributed by atoms with Crippen LogP contribution in [0.3, 0.4) is 0 Å². The van der Waals surface area contributed by atoms with Gasteiger partial charge in [-0.15, -0.1) is 11.3 Å². The molecule has 0 atom stereocenters. The lowest BCUT2D eigenvalue weighted by Crippen LogP contribution is -2.56. The van der Waals surface area contributed by atoms with Gasteiger partial charge in [0.25, 0.3) is 0 Å². The molecule has 3 aliphatic carbocycles. The second-order valence-corrected chi connectivity index (χ2v) is 28.6. The Labute approximate surface area is 416 Å². The van der Waals surface area contributed by atoms with E-state index < -0.39 is 0 Å². The maximum absolute atomic E-state index is 2.84. The molecule has 0 radical (unpaired) electrons. The fourth-order valence-corrected chi connectivity index (χ4v) is 15.6. The van der Waals surface area contributed by atoms with Crippen molar-refractivity contribution in [3.8, 4) is 22.3 Å². The van der Waals surface area contributed by atoms with E-state index in [1.165, 1.54) is 152 Å². The monoisotopic (exact) mass is 923 g/mol.